The fraction of sp³-hybridized carbons (Fsp3) is 0.933. The smallest absolute Gasteiger partial charge is 0.225 e. The first kappa shape index (κ1) is 14.8. The number of piperidine rings is 1. The van der Waals surface area contributed by atoms with Gasteiger partial charge in [0.2, 0.25) is 5.91 Å². The number of hydrogen-bond acceptors (Lipinski definition) is 3. The van der Waals surface area contributed by atoms with Crippen LogP contribution >= 0.6 is 0 Å². The van der Waals surface area contributed by atoms with Crippen LogP contribution in [-0.2, 0) is 4.79 Å². The molecule has 2 aliphatic heterocycles. The molecule has 0 atom stereocenters. The lowest BCUT2D eigenvalue weighted by atomic mass is 9.95. The number of rotatable bonds is 2. The number of nitrogens with one attached hydrogen (secondary N) is 1. The van der Waals surface area contributed by atoms with Crippen LogP contribution in [0.4, 0.5) is 0 Å². The molecule has 4 nitrogen and oxygen atoms in total. The van der Waals surface area contributed by atoms with Crippen molar-refractivity contribution in [1.29, 1.82) is 0 Å². The maximum absolute atomic E-state index is 12.4. The van der Waals surface area contributed by atoms with Gasteiger partial charge in [0, 0.05) is 38.6 Å². The molecule has 2 rings (SSSR count). The van der Waals surface area contributed by atoms with Crippen molar-refractivity contribution in [2.75, 3.05) is 45.8 Å². The molecule has 1 N–H and O–H groups in total. The highest BCUT2D eigenvalue weighted by Gasteiger charge is 2.29. The van der Waals surface area contributed by atoms with Crippen LogP contribution in [-0.4, -0.2) is 61.5 Å². The Labute approximate surface area is 117 Å². The number of amides is 1. The topological polar surface area (TPSA) is 35.6 Å². The van der Waals surface area contributed by atoms with Crippen LogP contribution in [0.1, 0.15) is 33.6 Å². The Morgan fingerprint density at radius 1 is 1.11 bits per heavy atom. The van der Waals surface area contributed by atoms with E-state index in [1.807, 2.05) is 0 Å². The average Bonchev–Trinajstić information content (AvgIpc) is 2.38. The molecule has 2 fully saturated rings. The molecular formula is C15H29N3O. The molecule has 2 aliphatic rings. The third-order valence-corrected chi connectivity index (χ3v) is 4.07. The highest BCUT2D eigenvalue weighted by molar-refractivity contribution is 5.79. The number of nitrogens with zero attached hydrogens (tertiary/aromatic N) is 2. The van der Waals surface area contributed by atoms with Crippen molar-refractivity contribution in [3.8, 4) is 0 Å². The molecule has 1 amide bonds. The molecule has 0 aromatic rings. The Hall–Kier alpha value is -0.610. The molecule has 0 saturated carbocycles. The molecule has 0 bridgehead atoms. The molecule has 0 unspecified atom stereocenters. The van der Waals surface area contributed by atoms with Crippen molar-refractivity contribution in [2.45, 2.75) is 33.6 Å². The van der Waals surface area contributed by atoms with E-state index in [1.54, 1.807) is 0 Å². The summed E-state index contributed by atoms with van der Waals surface area (Å²) in [6, 6.07) is 0. The number of piperazine rings is 1. The minimum Gasteiger partial charge on any atom is -0.340 e. The van der Waals surface area contributed by atoms with Crippen LogP contribution in [0.25, 0.3) is 0 Å². The normalized spacial score (nSPS) is 23.6. The minimum absolute atomic E-state index is 0.274. The largest absolute Gasteiger partial charge is 0.340 e. The van der Waals surface area contributed by atoms with Gasteiger partial charge < -0.3 is 10.2 Å². The second-order valence-corrected chi connectivity index (χ2v) is 7.19. The molecule has 0 radical (unpaired) electrons. The van der Waals surface area contributed by atoms with Crippen LogP contribution in [0.5, 0.6) is 0 Å². The van der Waals surface area contributed by atoms with E-state index in [-0.39, 0.29) is 5.92 Å². The van der Waals surface area contributed by atoms with Gasteiger partial charge in [-0.1, -0.05) is 20.8 Å². The highest BCUT2D eigenvalue weighted by Crippen LogP contribution is 2.19. The van der Waals surface area contributed by atoms with Crippen molar-refractivity contribution < 1.29 is 4.79 Å². The predicted molar refractivity (Wildman–Crippen MR) is 78.1 cm³/mol. The fourth-order valence-corrected chi connectivity index (χ4v) is 3.12. The van der Waals surface area contributed by atoms with Crippen LogP contribution in [0.2, 0.25) is 0 Å². The van der Waals surface area contributed by atoms with Gasteiger partial charge in [-0.2, -0.15) is 0 Å². The van der Waals surface area contributed by atoms with Gasteiger partial charge in [0.1, 0.15) is 0 Å². The molecule has 110 valence electrons. The lowest BCUT2D eigenvalue weighted by Gasteiger charge is -2.39. The van der Waals surface area contributed by atoms with Crippen molar-refractivity contribution in [2.24, 2.45) is 11.3 Å². The van der Waals surface area contributed by atoms with E-state index in [1.165, 1.54) is 0 Å². The monoisotopic (exact) mass is 267 g/mol. The van der Waals surface area contributed by atoms with Crippen LogP contribution in [0.15, 0.2) is 0 Å². The number of carbonyl (C=O) groups excluding carboxylic acids is 1. The zero-order valence-electron chi connectivity index (χ0n) is 12.7. The van der Waals surface area contributed by atoms with E-state index in [2.05, 4.69) is 35.9 Å². The maximum Gasteiger partial charge on any atom is 0.225 e. The second-order valence-electron chi connectivity index (χ2n) is 7.19. The quantitative estimate of drug-likeness (QED) is 0.816. The van der Waals surface area contributed by atoms with Gasteiger partial charge in [-0.3, -0.25) is 9.69 Å². The van der Waals surface area contributed by atoms with E-state index >= 15 is 0 Å². The molecule has 4 heteroatoms. The summed E-state index contributed by atoms with van der Waals surface area (Å²) in [4.78, 5) is 17.0. The number of carbonyl (C=O) groups is 1. The van der Waals surface area contributed by atoms with Crippen LogP contribution in [0, 0.1) is 11.3 Å². The fourth-order valence-electron chi connectivity index (χ4n) is 3.12. The Balaban J connectivity index is 1.77. The summed E-state index contributed by atoms with van der Waals surface area (Å²) in [6.07, 6.45) is 2.03. The summed E-state index contributed by atoms with van der Waals surface area (Å²) in [5, 5.41) is 3.33. The lowest BCUT2D eigenvalue weighted by Crippen LogP contribution is -2.52. The first-order valence-electron chi connectivity index (χ1n) is 7.67. The lowest BCUT2D eigenvalue weighted by molar-refractivity contribution is -0.138. The Morgan fingerprint density at radius 2 is 1.68 bits per heavy atom. The van der Waals surface area contributed by atoms with Gasteiger partial charge in [0.15, 0.2) is 0 Å². The minimum atomic E-state index is 0.274. The predicted octanol–water partition coefficient (Wildman–Crippen LogP) is 1.18. The summed E-state index contributed by atoms with van der Waals surface area (Å²) < 4.78 is 0. The van der Waals surface area contributed by atoms with Gasteiger partial charge in [-0.15, -0.1) is 0 Å². The third-order valence-electron chi connectivity index (χ3n) is 4.07. The van der Waals surface area contributed by atoms with Crippen molar-refractivity contribution in [3.63, 3.8) is 0 Å². The van der Waals surface area contributed by atoms with Crippen molar-refractivity contribution in [1.82, 2.24) is 15.1 Å². The van der Waals surface area contributed by atoms with Gasteiger partial charge in [0.25, 0.3) is 0 Å². The molecule has 0 aromatic heterocycles. The Bertz CT molecular complexity index is 297. The van der Waals surface area contributed by atoms with Gasteiger partial charge in [0.05, 0.1) is 0 Å². The molecule has 0 aliphatic carbocycles. The summed E-state index contributed by atoms with van der Waals surface area (Å²) in [5.41, 5.74) is 0.348. The third kappa shape index (κ3) is 4.46. The summed E-state index contributed by atoms with van der Waals surface area (Å²) >= 11 is 0. The first-order valence-corrected chi connectivity index (χ1v) is 7.67. The Kier molecular flexibility index (Phi) is 4.85. The average molecular weight is 267 g/mol. The Morgan fingerprint density at radius 3 is 2.21 bits per heavy atom. The first-order chi connectivity index (χ1) is 8.96. The molecule has 0 aromatic carbocycles. The zero-order chi connectivity index (χ0) is 13.9. The summed E-state index contributed by atoms with van der Waals surface area (Å²) in [7, 11) is 0. The molecular weight excluding hydrogens is 238 g/mol. The summed E-state index contributed by atoms with van der Waals surface area (Å²) in [5.74, 6) is 0.673. The zero-order valence-corrected chi connectivity index (χ0v) is 12.7. The van der Waals surface area contributed by atoms with E-state index in [0.29, 0.717) is 11.3 Å². The standard InChI is InChI=1S/C15H29N3O/c1-15(2,3)12-17-8-10-18(11-9-17)14(19)13-4-6-16-7-5-13/h13,16H,4-12H2,1-3H3. The molecule has 2 saturated heterocycles. The van der Waals surface area contributed by atoms with Crippen LogP contribution < -0.4 is 5.32 Å². The van der Waals surface area contributed by atoms with E-state index < -0.39 is 0 Å². The SMILES string of the molecule is CC(C)(C)CN1CCN(C(=O)C2CCNCC2)CC1. The maximum atomic E-state index is 12.4. The van der Waals surface area contributed by atoms with E-state index in [4.69, 9.17) is 0 Å². The van der Waals surface area contributed by atoms with Crippen LogP contribution in [0.3, 0.4) is 0 Å². The van der Waals surface area contributed by atoms with E-state index in [9.17, 15) is 4.79 Å². The van der Waals surface area contributed by atoms with E-state index in [0.717, 1.165) is 58.7 Å². The molecule has 2 heterocycles. The van der Waals surface area contributed by atoms with Crippen molar-refractivity contribution in [3.05, 3.63) is 0 Å². The molecule has 0 spiro atoms. The van der Waals surface area contributed by atoms with Crippen molar-refractivity contribution >= 4 is 5.91 Å². The van der Waals surface area contributed by atoms with Gasteiger partial charge in [-0.05, 0) is 31.3 Å². The van der Waals surface area contributed by atoms with Gasteiger partial charge in [-0.25, -0.2) is 0 Å². The van der Waals surface area contributed by atoms with Gasteiger partial charge >= 0.3 is 0 Å². The second kappa shape index (κ2) is 6.23. The molecule has 19 heavy (non-hydrogen) atoms. The summed E-state index contributed by atoms with van der Waals surface area (Å²) in [6.45, 7) is 13.9. The highest BCUT2D eigenvalue weighted by atomic mass is 16.2. The number of hydrogen-bond donors (Lipinski definition) is 1.